The van der Waals surface area contributed by atoms with E-state index in [9.17, 15) is 4.79 Å². The molecule has 0 saturated carbocycles. The van der Waals surface area contributed by atoms with Gasteiger partial charge in [-0.25, -0.2) is 4.98 Å². The third-order valence-corrected chi connectivity index (χ3v) is 4.36. The number of fused-ring (bicyclic) bond motifs is 1. The van der Waals surface area contributed by atoms with Gasteiger partial charge in [0, 0.05) is 19.1 Å². The van der Waals surface area contributed by atoms with Crippen molar-refractivity contribution < 1.29 is 4.79 Å². The summed E-state index contributed by atoms with van der Waals surface area (Å²) in [5.41, 5.74) is 7.77. The van der Waals surface area contributed by atoms with Crippen molar-refractivity contribution in [3.05, 3.63) is 30.1 Å². The highest BCUT2D eigenvalue weighted by molar-refractivity contribution is 5.81. The maximum atomic E-state index is 12.7. The Morgan fingerprint density at radius 3 is 3.00 bits per heavy atom. The molecule has 2 N–H and O–H groups in total. The van der Waals surface area contributed by atoms with Gasteiger partial charge in [-0.15, -0.1) is 0 Å². The van der Waals surface area contributed by atoms with Gasteiger partial charge in [-0.3, -0.25) is 4.79 Å². The molecule has 0 aliphatic carbocycles. The number of aryl methyl sites for hydroxylation is 1. The molecule has 0 radical (unpaired) electrons. The van der Waals surface area contributed by atoms with Gasteiger partial charge in [0.15, 0.2) is 0 Å². The zero-order valence-electron chi connectivity index (χ0n) is 12.5. The molecular weight excluding hydrogens is 264 g/mol. The van der Waals surface area contributed by atoms with Crippen LogP contribution < -0.4 is 5.73 Å². The first kappa shape index (κ1) is 14.1. The van der Waals surface area contributed by atoms with Crippen molar-refractivity contribution in [2.24, 2.45) is 5.73 Å². The SMILES string of the molecule is Cc1nc2ccccc2n1CC(=O)N1CCCCC1CN. The molecule has 1 amide bonds. The molecule has 1 aromatic heterocycles. The lowest BCUT2D eigenvalue weighted by molar-refractivity contribution is -0.135. The van der Waals surface area contributed by atoms with Crippen LogP contribution in [0.5, 0.6) is 0 Å². The third-order valence-electron chi connectivity index (χ3n) is 4.36. The van der Waals surface area contributed by atoms with Crippen molar-refractivity contribution in [1.29, 1.82) is 0 Å². The number of rotatable bonds is 3. The number of aromatic nitrogens is 2. The number of carbonyl (C=O) groups is 1. The topological polar surface area (TPSA) is 64.2 Å². The maximum Gasteiger partial charge on any atom is 0.242 e. The largest absolute Gasteiger partial charge is 0.337 e. The second-order valence-electron chi connectivity index (χ2n) is 5.71. The molecule has 3 rings (SSSR count). The van der Waals surface area contributed by atoms with Gasteiger partial charge >= 0.3 is 0 Å². The Morgan fingerprint density at radius 2 is 2.19 bits per heavy atom. The predicted molar refractivity (Wildman–Crippen MR) is 82.9 cm³/mol. The van der Waals surface area contributed by atoms with Crippen LogP contribution in [0.2, 0.25) is 0 Å². The minimum atomic E-state index is 0.149. The number of nitrogens with two attached hydrogens (primary N) is 1. The van der Waals surface area contributed by atoms with E-state index in [4.69, 9.17) is 5.73 Å². The van der Waals surface area contributed by atoms with Gasteiger partial charge in [-0.05, 0) is 38.3 Å². The molecule has 1 aromatic carbocycles. The number of hydrogen-bond acceptors (Lipinski definition) is 3. The number of imidazole rings is 1. The average Bonchev–Trinajstić information content (AvgIpc) is 2.83. The molecule has 0 bridgehead atoms. The number of carbonyl (C=O) groups excluding carboxylic acids is 1. The molecule has 1 unspecified atom stereocenters. The third kappa shape index (κ3) is 2.65. The number of nitrogens with zero attached hydrogens (tertiary/aromatic N) is 3. The summed E-state index contributed by atoms with van der Waals surface area (Å²) in [6.45, 7) is 3.68. The fraction of sp³-hybridized carbons (Fsp3) is 0.500. The number of amides is 1. The smallest absolute Gasteiger partial charge is 0.242 e. The van der Waals surface area contributed by atoms with Crippen LogP contribution >= 0.6 is 0 Å². The van der Waals surface area contributed by atoms with Crippen LogP contribution in [-0.4, -0.2) is 39.5 Å². The highest BCUT2D eigenvalue weighted by Gasteiger charge is 2.26. The Balaban J connectivity index is 1.84. The van der Waals surface area contributed by atoms with Crippen molar-refractivity contribution in [1.82, 2.24) is 14.5 Å². The number of para-hydroxylation sites is 2. The number of hydrogen-bond donors (Lipinski definition) is 1. The van der Waals surface area contributed by atoms with Crippen molar-refractivity contribution in [2.75, 3.05) is 13.1 Å². The number of likely N-dealkylation sites (tertiary alicyclic amines) is 1. The molecule has 1 atom stereocenters. The zero-order valence-corrected chi connectivity index (χ0v) is 12.5. The highest BCUT2D eigenvalue weighted by Crippen LogP contribution is 2.19. The van der Waals surface area contributed by atoms with Gasteiger partial charge in [0.2, 0.25) is 5.91 Å². The first-order valence-corrected chi connectivity index (χ1v) is 7.62. The van der Waals surface area contributed by atoms with E-state index in [1.165, 1.54) is 6.42 Å². The van der Waals surface area contributed by atoms with E-state index in [0.29, 0.717) is 13.1 Å². The standard InChI is InChI=1S/C16H22N4O/c1-12-18-14-7-2-3-8-15(14)20(12)11-16(21)19-9-5-4-6-13(19)10-17/h2-3,7-8,13H,4-6,9-11,17H2,1H3. The fourth-order valence-electron chi connectivity index (χ4n) is 3.20. The van der Waals surface area contributed by atoms with Gasteiger partial charge < -0.3 is 15.2 Å². The molecule has 1 fully saturated rings. The second-order valence-corrected chi connectivity index (χ2v) is 5.71. The normalized spacial score (nSPS) is 19.1. The van der Waals surface area contributed by atoms with E-state index >= 15 is 0 Å². The number of benzene rings is 1. The van der Waals surface area contributed by atoms with E-state index in [2.05, 4.69) is 4.98 Å². The van der Waals surface area contributed by atoms with Crippen molar-refractivity contribution in [3.8, 4) is 0 Å². The molecule has 1 aliphatic rings. The maximum absolute atomic E-state index is 12.7. The Morgan fingerprint density at radius 1 is 1.38 bits per heavy atom. The Hall–Kier alpha value is -1.88. The van der Waals surface area contributed by atoms with Crippen molar-refractivity contribution in [2.45, 2.75) is 38.8 Å². The van der Waals surface area contributed by atoms with Crippen LogP contribution in [0.25, 0.3) is 11.0 Å². The molecule has 1 saturated heterocycles. The van der Waals surface area contributed by atoms with Crippen LogP contribution in [-0.2, 0) is 11.3 Å². The Bertz CT molecular complexity index is 649. The minimum absolute atomic E-state index is 0.149. The molecule has 5 heteroatoms. The predicted octanol–water partition coefficient (Wildman–Crippen LogP) is 1.68. The summed E-state index contributed by atoms with van der Waals surface area (Å²) >= 11 is 0. The summed E-state index contributed by atoms with van der Waals surface area (Å²) in [5, 5.41) is 0. The summed E-state index contributed by atoms with van der Waals surface area (Å²) in [5.74, 6) is 1.03. The van der Waals surface area contributed by atoms with Gasteiger partial charge in [0.25, 0.3) is 0 Å². The molecular formula is C16H22N4O. The lowest BCUT2D eigenvalue weighted by atomic mass is 10.0. The molecule has 21 heavy (non-hydrogen) atoms. The van der Waals surface area contributed by atoms with Crippen LogP contribution in [0.1, 0.15) is 25.1 Å². The van der Waals surface area contributed by atoms with Gasteiger partial charge in [-0.2, -0.15) is 0 Å². The molecule has 0 spiro atoms. The van der Waals surface area contributed by atoms with Crippen molar-refractivity contribution in [3.63, 3.8) is 0 Å². The lowest BCUT2D eigenvalue weighted by Crippen LogP contribution is -2.48. The second kappa shape index (κ2) is 5.85. The summed E-state index contributed by atoms with van der Waals surface area (Å²) in [7, 11) is 0. The molecule has 2 heterocycles. The first-order chi connectivity index (χ1) is 10.2. The minimum Gasteiger partial charge on any atom is -0.337 e. The number of piperidine rings is 1. The Labute approximate surface area is 124 Å². The van der Waals surface area contributed by atoms with Gasteiger partial charge in [0.1, 0.15) is 12.4 Å². The molecule has 112 valence electrons. The monoisotopic (exact) mass is 286 g/mol. The Kier molecular flexibility index (Phi) is 3.92. The van der Waals surface area contributed by atoms with E-state index < -0.39 is 0 Å². The van der Waals surface area contributed by atoms with Crippen LogP contribution in [0, 0.1) is 6.92 Å². The van der Waals surface area contributed by atoms with Crippen LogP contribution in [0.3, 0.4) is 0 Å². The van der Waals surface area contributed by atoms with Gasteiger partial charge in [-0.1, -0.05) is 12.1 Å². The molecule has 1 aliphatic heterocycles. The molecule has 5 nitrogen and oxygen atoms in total. The highest BCUT2D eigenvalue weighted by atomic mass is 16.2. The summed E-state index contributed by atoms with van der Waals surface area (Å²) < 4.78 is 2.00. The first-order valence-electron chi connectivity index (χ1n) is 7.62. The van der Waals surface area contributed by atoms with E-state index in [1.54, 1.807) is 0 Å². The summed E-state index contributed by atoms with van der Waals surface area (Å²) in [6, 6.07) is 8.14. The average molecular weight is 286 g/mol. The molecule has 2 aromatic rings. The van der Waals surface area contributed by atoms with E-state index in [-0.39, 0.29) is 11.9 Å². The van der Waals surface area contributed by atoms with Crippen LogP contribution in [0.4, 0.5) is 0 Å². The quantitative estimate of drug-likeness (QED) is 0.933. The van der Waals surface area contributed by atoms with E-state index in [1.807, 2.05) is 40.7 Å². The van der Waals surface area contributed by atoms with Gasteiger partial charge in [0.05, 0.1) is 11.0 Å². The summed E-state index contributed by atoms with van der Waals surface area (Å²) in [6.07, 6.45) is 3.26. The van der Waals surface area contributed by atoms with E-state index in [0.717, 1.165) is 36.2 Å². The summed E-state index contributed by atoms with van der Waals surface area (Å²) in [4.78, 5) is 19.1. The lowest BCUT2D eigenvalue weighted by Gasteiger charge is -2.35. The van der Waals surface area contributed by atoms with Crippen molar-refractivity contribution >= 4 is 16.9 Å². The van der Waals surface area contributed by atoms with Crippen LogP contribution in [0.15, 0.2) is 24.3 Å². The zero-order chi connectivity index (χ0) is 14.8. The fourth-order valence-corrected chi connectivity index (χ4v) is 3.20.